The summed E-state index contributed by atoms with van der Waals surface area (Å²) in [6.07, 6.45) is 0. The van der Waals surface area contributed by atoms with Crippen LogP contribution in [0.15, 0.2) is 24.3 Å². The van der Waals surface area contributed by atoms with Gasteiger partial charge >= 0.3 is 5.97 Å². The lowest BCUT2D eigenvalue weighted by molar-refractivity contribution is -0.133. The van der Waals surface area contributed by atoms with Crippen LogP contribution >= 0.6 is 11.8 Å². The van der Waals surface area contributed by atoms with Gasteiger partial charge in [-0.25, -0.2) is 0 Å². The maximum Gasteiger partial charge on any atom is 0.313 e. The Labute approximate surface area is 92.4 Å². The van der Waals surface area contributed by atoms with Gasteiger partial charge in [-0.15, -0.1) is 11.8 Å². The second kappa shape index (κ2) is 4.57. The number of benzene rings is 1. The first kappa shape index (κ1) is 10.4. The van der Waals surface area contributed by atoms with Gasteiger partial charge < -0.3 is 9.84 Å². The first-order chi connectivity index (χ1) is 7.27. The zero-order chi connectivity index (χ0) is 10.7. The van der Waals surface area contributed by atoms with Crippen LogP contribution in [0, 0.1) is 0 Å². The standard InChI is InChI=1S/C11H12O3S/c12-11(13)7-15-6-8-5-14-10-4-2-1-3-9(8)10/h1-4,8H,5-7H2,(H,12,13). The van der Waals surface area contributed by atoms with E-state index in [0.29, 0.717) is 12.5 Å². The van der Waals surface area contributed by atoms with E-state index in [1.54, 1.807) is 0 Å². The largest absolute Gasteiger partial charge is 0.493 e. The Balaban J connectivity index is 1.93. The van der Waals surface area contributed by atoms with E-state index in [9.17, 15) is 4.79 Å². The molecule has 0 aliphatic carbocycles. The molecule has 1 unspecified atom stereocenters. The predicted molar refractivity (Wildman–Crippen MR) is 59.6 cm³/mol. The minimum atomic E-state index is -0.757. The molecule has 0 radical (unpaired) electrons. The van der Waals surface area contributed by atoms with E-state index in [0.717, 1.165) is 11.5 Å². The summed E-state index contributed by atoms with van der Waals surface area (Å²) in [6.45, 7) is 0.673. The average molecular weight is 224 g/mol. The van der Waals surface area contributed by atoms with Crippen molar-refractivity contribution in [3.63, 3.8) is 0 Å². The summed E-state index contributed by atoms with van der Waals surface area (Å²) in [5.41, 5.74) is 1.20. The van der Waals surface area contributed by atoms with Crippen molar-refractivity contribution in [2.75, 3.05) is 18.1 Å². The van der Waals surface area contributed by atoms with Gasteiger partial charge in [0, 0.05) is 17.2 Å². The normalized spacial score (nSPS) is 18.3. The number of fused-ring (bicyclic) bond motifs is 1. The molecule has 1 heterocycles. The zero-order valence-corrected chi connectivity index (χ0v) is 9.00. The van der Waals surface area contributed by atoms with Crippen LogP contribution in [-0.2, 0) is 4.79 Å². The van der Waals surface area contributed by atoms with E-state index in [-0.39, 0.29) is 5.75 Å². The van der Waals surface area contributed by atoms with Crippen molar-refractivity contribution in [2.45, 2.75) is 5.92 Å². The van der Waals surface area contributed by atoms with Crippen LogP contribution in [-0.4, -0.2) is 29.2 Å². The van der Waals surface area contributed by atoms with E-state index in [1.165, 1.54) is 17.3 Å². The minimum absolute atomic E-state index is 0.165. The summed E-state index contributed by atoms with van der Waals surface area (Å²) < 4.78 is 5.51. The quantitative estimate of drug-likeness (QED) is 0.849. The van der Waals surface area contributed by atoms with Gasteiger partial charge in [0.15, 0.2) is 0 Å². The average Bonchev–Trinajstić information content (AvgIpc) is 2.62. The summed E-state index contributed by atoms with van der Waals surface area (Å²) >= 11 is 1.44. The molecule has 1 atom stereocenters. The number of carboxylic acid groups (broad SMARTS) is 1. The lowest BCUT2D eigenvalue weighted by Gasteiger charge is -2.06. The lowest BCUT2D eigenvalue weighted by Crippen LogP contribution is -2.06. The Kier molecular flexibility index (Phi) is 3.16. The summed E-state index contributed by atoms with van der Waals surface area (Å²) in [6, 6.07) is 7.94. The molecule has 0 saturated carbocycles. The summed E-state index contributed by atoms with van der Waals surface area (Å²) in [4.78, 5) is 10.4. The molecule has 3 nitrogen and oxygen atoms in total. The van der Waals surface area contributed by atoms with Crippen molar-refractivity contribution in [1.29, 1.82) is 0 Å². The van der Waals surface area contributed by atoms with E-state index in [1.807, 2.05) is 24.3 Å². The van der Waals surface area contributed by atoms with Gasteiger partial charge in [-0.3, -0.25) is 4.79 Å². The highest BCUT2D eigenvalue weighted by molar-refractivity contribution is 7.99. The van der Waals surface area contributed by atoms with E-state index < -0.39 is 5.97 Å². The molecule has 0 bridgehead atoms. The fourth-order valence-corrected chi connectivity index (χ4v) is 2.51. The van der Waals surface area contributed by atoms with Crippen LogP contribution in [0.5, 0.6) is 5.75 Å². The Morgan fingerprint density at radius 3 is 3.13 bits per heavy atom. The Bertz CT molecular complexity index is 365. The van der Waals surface area contributed by atoms with Crippen LogP contribution in [0.25, 0.3) is 0 Å². The van der Waals surface area contributed by atoms with Gasteiger partial charge in [0.2, 0.25) is 0 Å². The van der Waals surface area contributed by atoms with Crippen molar-refractivity contribution in [3.8, 4) is 5.75 Å². The van der Waals surface area contributed by atoms with Gasteiger partial charge in [-0.2, -0.15) is 0 Å². The number of carbonyl (C=O) groups is 1. The van der Waals surface area contributed by atoms with Gasteiger partial charge in [0.25, 0.3) is 0 Å². The molecule has 0 fully saturated rings. The summed E-state index contributed by atoms with van der Waals surface area (Å²) in [5, 5.41) is 8.53. The molecule has 1 aliphatic rings. The van der Waals surface area contributed by atoms with Crippen LogP contribution in [0.1, 0.15) is 11.5 Å². The number of thioether (sulfide) groups is 1. The van der Waals surface area contributed by atoms with Gasteiger partial charge in [-0.1, -0.05) is 18.2 Å². The maximum atomic E-state index is 10.4. The fraction of sp³-hybridized carbons (Fsp3) is 0.364. The fourth-order valence-electron chi connectivity index (χ4n) is 1.66. The molecule has 0 amide bonds. The molecule has 1 N–H and O–H groups in total. The first-order valence-electron chi connectivity index (χ1n) is 4.78. The van der Waals surface area contributed by atoms with Crippen molar-refractivity contribution in [1.82, 2.24) is 0 Å². The molecule has 80 valence electrons. The van der Waals surface area contributed by atoms with Crippen molar-refractivity contribution < 1.29 is 14.6 Å². The number of hydrogen-bond acceptors (Lipinski definition) is 3. The topological polar surface area (TPSA) is 46.5 Å². The van der Waals surface area contributed by atoms with E-state index in [2.05, 4.69) is 0 Å². The van der Waals surface area contributed by atoms with E-state index >= 15 is 0 Å². The van der Waals surface area contributed by atoms with Gasteiger partial charge in [-0.05, 0) is 6.07 Å². The zero-order valence-electron chi connectivity index (χ0n) is 8.18. The van der Waals surface area contributed by atoms with Crippen molar-refractivity contribution in [3.05, 3.63) is 29.8 Å². The first-order valence-corrected chi connectivity index (χ1v) is 5.94. The number of carboxylic acids is 1. The molecule has 15 heavy (non-hydrogen) atoms. The third-order valence-electron chi connectivity index (χ3n) is 2.34. The molecule has 0 aromatic heterocycles. The number of ether oxygens (including phenoxy) is 1. The summed E-state index contributed by atoms with van der Waals surface area (Å²) in [5.74, 6) is 1.50. The SMILES string of the molecule is O=C(O)CSCC1COc2ccccc21. The second-order valence-electron chi connectivity index (χ2n) is 3.45. The van der Waals surface area contributed by atoms with Crippen molar-refractivity contribution >= 4 is 17.7 Å². The molecule has 1 aromatic carbocycles. The van der Waals surface area contributed by atoms with Crippen LogP contribution in [0.2, 0.25) is 0 Å². The Morgan fingerprint density at radius 1 is 1.53 bits per heavy atom. The number of aliphatic carboxylic acids is 1. The number of rotatable bonds is 4. The summed E-state index contributed by atoms with van der Waals surface area (Å²) in [7, 11) is 0. The lowest BCUT2D eigenvalue weighted by atomic mass is 10.0. The van der Waals surface area contributed by atoms with Crippen molar-refractivity contribution in [2.24, 2.45) is 0 Å². The third-order valence-corrected chi connectivity index (χ3v) is 3.43. The van der Waals surface area contributed by atoms with Gasteiger partial charge in [0.1, 0.15) is 5.75 Å². The van der Waals surface area contributed by atoms with E-state index in [4.69, 9.17) is 9.84 Å². The number of para-hydroxylation sites is 1. The van der Waals surface area contributed by atoms with Crippen LogP contribution in [0.3, 0.4) is 0 Å². The minimum Gasteiger partial charge on any atom is -0.493 e. The molecule has 0 saturated heterocycles. The molecule has 1 aromatic rings. The molecule has 4 heteroatoms. The highest BCUT2D eigenvalue weighted by Crippen LogP contribution is 2.35. The Hall–Kier alpha value is -1.16. The molecular formula is C11H12O3S. The Morgan fingerprint density at radius 2 is 2.33 bits per heavy atom. The van der Waals surface area contributed by atoms with Gasteiger partial charge in [0.05, 0.1) is 12.4 Å². The smallest absolute Gasteiger partial charge is 0.313 e. The molecule has 0 spiro atoms. The molecule has 1 aliphatic heterocycles. The predicted octanol–water partition coefficient (Wildman–Crippen LogP) is 1.98. The maximum absolute atomic E-state index is 10.4. The highest BCUT2D eigenvalue weighted by Gasteiger charge is 2.23. The van der Waals surface area contributed by atoms with Crippen LogP contribution in [0.4, 0.5) is 0 Å². The molecular weight excluding hydrogens is 212 g/mol. The van der Waals surface area contributed by atoms with Crippen LogP contribution < -0.4 is 4.74 Å². The second-order valence-corrected chi connectivity index (χ2v) is 4.48. The monoisotopic (exact) mass is 224 g/mol. The molecule has 2 rings (SSSR count). The highest BCUT2D eigenvalue weighted by atomic mass is 32.2. The third kappa shape index (κ3) is 2.45. The number of hydrogen-bond donors (Lipinski definition) is 1.